The maximum absolute atomic E-state index is 12.0. The molecule has 0 radical (unpaired) electrons. The van der Waals surface area contributed by atoms with E-state index >= 15 is 0 Å². The Morgan fingerprint density at radius 3 is 2.57 bits per heavy atom. The minimum atomic E-state index is -0.685. The van der Waals surface area contributed by atoms with Gasteiger partial charge in [-0.05, 0) is 48.3 Å². The summed E-state index contributed by atoms with van der Waals surface area (Å²) in [6.45, 7) is 13.9. The summed E-state index contributed by atoms with van der Waals surface area (Å²) in [6, 6.07) is 0. The first-order chi connectivity index (χ1) is 10.6. The molecule has 132 valence electrons. The van der Waals surface area contributed by atoms with E-state index < -0.39 is 5.97 Å². The molecule has 1 fully saturated rings. The Balaban J connectivity index is 2.40. The van der Waals surface area contributed by atoms with E-state index in [0.29, 0.717) is 23.3 Å². The molecule has 0 aromatic rings. The number of allylic oxidation sites excluding steroid dienone is 1. The Kier molecular flexibility index (Phi) is 5.33. The molecule has 0 aromatic heterocycles. The van der Waals surface area contributed by atoms with Gasteiger partial charge in [0.1, 0.15) is 0 Å². The lowest BCUT2D eigenvalue weighted by Crippen LogP contribution is -2.53. The summed E-state index contributed by atoms with van der Waals surface area (Å²) in [5, 5.41) is 9.87. The number of carboxylic acid groups (broad SMARTS) is 1. The monoisotopic (exact) mass is 320 g/mol. The molecule has 0 saturated heterocycles. The quantitative estimate of drug-likeness (QED) is 0.682. The van der Waals surface area contributed by atoms with Gasteiger partial charge in [-0.3, -0.25) is 0 Å². The van der Waals surface area contributed by atoms with Gasteiger partial charge in [0.15, 0.2) is 0 Å². The predicted molar refractivity (Wildman–Crippen MR) is 96.3 cm³/mol. The van der Waals surface area contributed by atoms with Gasteiger partial charge in [-0.2, -0.15) is 0 Å². The minimum absolute atomic E-state index is 0.168. The van der Waals surface area contributed by atoms with Crippen molar-refractivity contribution < 1.29 is 9.90 Å². The van der Waals surface area contributed by atoms with Crippen molar-refractivity contribution in [3.8, 4) is 0 Å². The van der Waals surface area contributed by atoms with Crippen molar-refractivity contribution in [3.63, 3.8) is 0 Å². The van der Waals surface area contributed by atoms with Crippen LogP contribution in [0.4, 0.5) is 0 Å². The molecule has 0 heterocycles. The van der Waals surface area contributed by atoms with Crippen molar-refractivity contribution in [3.05, 3.63) is 11.6 Å². The third kappa shape index (κ3) is 3.23. The first kappa shape index (κ1) is 18.5. The highest BCUT2D eigenvalue weighted by atomic mass is 16.4. The van der Waals surface area contributed by atoms with Crippen molar-refractivity contribution in [1.82, 2.24) is 0 Å². The maximum atomic E-state index is 12.0. The number of rotatable bonds is 5. The van der Waals surface area contributed by atoms with Crippen LogP contribution in [0.15, 0.2) is 11.6 Å². The Morgan fingerprint density at radius 1 is 1.35 bits per heavy atom. The zero-order valence-corrected chi connectivity index (χ0v) is 16.0. The second kappa shape index (κ2) is 6.61. The highest BCUT2D eigenvalue weighted by Gasteiger charge is 2.56. The van der Waals surface area contributed by atoms with Crippen molar-refractivity contribution in [2.24, 2.45) is 34.5 Å². The highest BCUT2D eigenvalue weighted by Crippen LogP contribution is 2.62. The van der Waals surface area contributed by atoms with E-state index in [0.717, 1.165) is 12.3 Å². The molecule has 0 aromatic carbocycles. The number of fused-ring (bicyclic) bond motifs is 1. The Labute approximate surface area is 142 Å². The first-order valence-electron chi connectivity index (χ1n) is 9.58. The van der Waals surface area contributed by atoms with Crippen LogP contribution in [0.1, 0.15) is 80.1 Å². The van der Waals surface area contributed by atoms with E-state index in [1.165, 1.54) is 32.1 Å². The van der Waals surface area contributed by atoms with E-state index in [1.807, 2.05) is 6.08 Å². The van der Waals surface area contributed by atoms with E-state index in [-0.39, 0.29) is 10.8 Å². The largest absolute Gasteiger partial charge is 0.478 e. The van der Waals surface area contributed by atoms with E-state index in [1.54, 1.807) is 0 Å². The molecule has 0 amide bonds. The molecule has 23 heavy (non-hydrogen) atoms. The van der Waals surface area contributed by atoms with Crippen LogP contribution >= 0.6 is 0 Å². The van der Waals surface area contributed by atoms with Crippen LogP contribution in [0.5, 0.6) is 0 Å². The van der Waals surface area contributed by atoms with Gasteiger partial charge in [0.2, 0.25) is 0 Å². The Bertz CT molecular complexity index is 476. The van der Waals surface area contributed by atoms with Gasteiger partial charge in [-0.1, -0.05) is 66.9 Å². The van der Waals surface area contributed by atoms with Gasteiger partial charge in [0, 0.05) is 11.0 Å². The lowest BCUT2D eigenvalue weighted by molar-refractivity contribution is -0.138. The molecule has 2 rings (SSSR count). The highest BCUT2D eigenvalue weighted by molar-refractivity contribution is 5.88. The Hall–Kier alpha value is -0.790. The zero-order valence-electron chi connectivity index (χ0n) is 16.0. The fourth-order valence-electron chi connectivity index (χ4n) is 5.67. The van der Waals surface area contributed by atoms with Crippen molar-refractivity contribution in [2.75, 3.05) is 0 Å². The van der Waals surface area contributed by atoms with Gasteiger partial charge in [0.25, 0.3) is 0 Å². The van der Waals surface area contributed by atoms with Crippen LogP contribution in [-0.2, 0) is 4.79 Å². The summed E-state index contributed by atoms with van der Waals surface area (Å²) >= 11 is 0. The van der Waals surface area contributed by atoms with E-state index in [2.05, 4.69) is 41.5 Å². The van der Waals surface area contributed by atoms with Gasteiger partial charge in [-0.25, -0.2) is 4.79 Å². The molecule has 1 N–H and O–H groups in total. The first-order valence-corrected chi connectivity index (χ1v) is 9.58. The van der Waals surface area contributed by atoms with Crippen LogP contribution in [0.25, 0.3) is 0 Å². The molecule has 0 spiro atoms. The predicted octanol–water partition coefficient (Wildman–Crippen LogP) is 5.92. The smallest absolute Gasteiger partial charge is 0.331 e. The van der Waals surface area contributed by atoms with Gasteiger partial charge in [0.05, 0.1) is 0 Å². The molecule has 0 unspecified atom stereocenters. The van der Waals surface area contributed by atoms with Gasteiger partial charge in [-0.15, -0.1) is 0 Å². The number of carbonyl (C=O) groups is 1. The molecule has 0 bridgehead atoms. The molecule has 1 saturated carbocycles. The zero-order chi connectivity index (χ0) is 17.4. The third-order valence-corrected chi connectivity index (χ3v) is 7.35. The number of hydrogen-bond donors (Lipinski definition) is 1. The molecule has 2 heteroatoms. The topological polar surface area (TPSA) is 37.3 Å². The maximum Gasteiger partial charge on any atom is 0.331 e. The summed E-state index contributed by atoms with van der Waals surface area (Å²) in [6.07, 6.45) is 8.99. The summed E-state index contributed by atoms with van der Waals surface area (Å²) in [4.78, 5) is 12.0. The van der Waals surface area contributed by atoms with Crippen LogP contribution in [0.3, 0.4) is 0 Å². The molecular formula is C21H36O2. The van der Waals surface area contributed by atoms with Gasteiger partial charge < -0.3 is 5.11 Å². The molecule has 5 atom stereocenters. The summed E-state index contributed by atoms with van der Waals surface area (Å²) < 4.78 is 0. The van der Waals surface area contributed by atoms with Crippen LogP contribution < -0.4 is 0 Å². The van der Waals surface area contributed by atoms with E-state index in [9.17, 15) is 9.90 Å². The lowest BCUT2D eigenvalue weighted by atomic mass is 9.45. The Morgan fingerprint density at radius 2 is 2.00 bits per heavy atom. The minimum Gasteiger partial charge on any atom is -0.478 e. The number of aliphatic carboxylic acids is 1. The average Bonchev–Trinajstić information content (AvgIpc) is 2.44. The number of carboxylic acids is 1. The van der Waals surface area contributed by atoms with Gasteiger partial charge >= 0.3 is 5.97 Å². The van der Waals surface area contributed by atoms with Crippen LogP contribution in [0.2, 0.25) is 0 Å². The lowest BCUT2D eigenvalue weighted by Gasteiger charge is -2.58. The summed E-state index contributed by atoms with van der Waals surface area (Å²) in [5.41, 5.74) is 0.754. The second-order valence-corrected chi connectivity index (χ2v) is 9.20. The molecule has 2 aliphatic carbocycles. The SMILES string of the molecule is CC[C@@H](C)CC[C@H]1[C@@H](C)CC[C@H]2C(C)(C)CC=C(C(=O)O)[C@]12C. The summed E-state index contributed by atoms with van der Waals surface area (Å²) in [7, 11) is 0. The molecular weight excluding hydrogens is 284 g/mol. The molecule has 2 aliphatic rings. The fourth-order valence-corrected chi connectivity index (χ4v) is 5.67. The van der Waals surface area contributed by atoms with Crippen LogP contribution in [-0.4, -0.2) is 11.1 Å². The van der Waals surface area contributed by atoms with Crippen LogP contribution in [0, 0.1) is 34.5 Å². The average molecular weight is 321 g/mol. The standard InChI is InChI=1S/C21H36O2/c1-7-14(2)8-10-16-15(3)9-11-18-20(4,5)13-12-17(19(22)23)21(16,18)6/h12,14-16,18H,7-11,13H2,1-6H3,(H,22,23)/t14-,15+,16+,18+,21+/m1/s1. The number of hydrogen-bond acceptors (Lipinski definition) is 1. The second-order valence-electron chi connectivity index (χ2n) is 9.20. The third-order valence-electron chi connectivity index (χ3n) is 7.35. The van der Waals surface area contributed by atoms with Crippen molar-refractivity contribution >= 4 is 5.97 Å². The molecule has 2 nitrogen and oxygen atoms in total. The normalized spacial score (nSPS) is 37.7. The van der Waals surface area contributed by atoms with E-state index in [4.69, 9.17) is 0 Å². The summed E-state index contributed by atoms with van der Waals surface area (Å²) in [5.74, 6) is 1.66. The fraction of sp³-hybridized carbons (Fsp3) is 0.857. The molecule has 0 aliphatic heterocycles. The van der Waals surface area contributed by atoms with Crippen molar-refractivity contribution in [2.45, 2.75) is 80.1 Å². The van der Waals surface area contributed by atoms with Crippen molar-refractivity contribution in [1.29, 1.82) is 0 Å².